The highest BCUT2D eigenvalue weighted by Gasteiger charge is 2.17. The molecule has 0 saturated carbocycles. The predicted molar refractivity (Wildman–Crippen MR) is 130 cm³/mol. The van der Waals surface area contributed by atoms with Crippen molar-refractivity contribution in [1.82, 2.24) is 9.99 Å². The first-order valence-electron chi connectivity index (χ1n) is 9.83. The van der Waals surface area contributed by atoms with Crippen molar-refractivity contribution in [1.29, 1.82) is 0 Å². The Morgan fingerprint density at radius 3 is 2.57 bits per heavy atom. The van der Waals surface area contributed by atoms with Crippen LogP contribution in [0.1, 0.15) is 34.5 Å². The molecule has 0 unspecified atom stereocenters. The van der Waals surface area contributed by atoms with Crippen LogP contribution in [0.4, 0.5) is 0 Å². The average molecular weight is 484 g/mol. The number of carbonyl (C=O) groups excluding carboxylic acids is 1. The number of amides is 1. The van der Waals surface area contributed by atoms with Crippen LogP contribution in [-0.4, -0.2) is 22.4 Å². The van der Waals surface area contributed by atoms with Gasteiger partial charge >= 0.3 is 0 Å². The number of carbonyl (C=O) groups is 1. The van der Waals surface area contributed by atoms with Gasteiger partial charge in [0.15, 0.2) is 0 Å². The molecule has 1 amide bonds. The molecule has 6 heteroatoms. The third-order valence-electron chi connectivity index (χ3n) is 4.94. The summed E-state index contributed by atoms with van der Waals surface area (Å²) in [4.78, 5) is 13.3. The summed E-state index contributed by atoms with van der Waals surface area (Å²) in [7, 11) is 0. The van der Waals surface area contributed by atoms with E-state index in [9.17, 15) is 4.79 Å². The van der Waals surface area contributed by atoms with Gasteiger partial charge in [0.1, 0.15) is 0 Å². The molecule has 0 aliphatic rings. The summed E-state index contributed by atoms with van der Waals surface area (Å²) in [5, 5.41) is 4.20. The fraction of sp³-hybridized carbons (Fsp3) is 0.250. The van der Waals surface area contributed by atoms with Crippen molar-refractivity contribution in [3.8, 4) is 5.69 Å². The summed E-state index contributed by atoms with van der Waals surface area (Å²) >= 11 is 5.36. The van der Waals surface area contributed by atoms with E-state index in [0.717, 1.165) is 37.8 Å². The lowest BCUT2D eigenvalue weighted by Gasteiger charge is -2.13. The van der Waals surface area contributed by atoms with E-state index < -0.39 is 0 Å². The van der Waals surface area contributed by atoms with Gasteiger partial charge in [-0.2, -0.15) is 5.10 Å². The molecule has 2 aromatic carbocycles. The summed E-state index contributed by atoms with van der Waals surface area (Å²) in [5.41, 5.74) is 9.38. The van der Waals surface area contributed by atoms with E-state index in [0.29, 0.717) is 6.42 Å². The van der Waals surface area contributed by atoms with Gasteiger partial charge in [-0.3, -0.25) is 4.79 Å². The van der Waals surface area contributed by atoms with Crippen LogP contribution in [-0.2, 0) is 4.79 Å². The first-order valence-corrected chi connectivity index (χ1v) is 11.6. The third-order valence-corrected chi connectivity index (χ3v) is 6.96. The van der Waals surface area contributed by atoms with Crippen molar-refractivity contribution >= 4 is 39.8 Å². The van der Waals surface area contributed by atoms with E-state index in [1.165, 1.54) is 11.1 Å². The van der Waals surface area contributed by atoms with Gasteiger partial charge in [-0.1, -0.05) is 30.3 Å². The monoisotopic (exact) mass is 483 g/mol. The van der Waals surface area contributed by atoms with Crippen LogP contribution >= 0.6 is 27.7 Å². The fourth-order valence-electron chi connectivity index (χ4n) is 3.30. The molecule has 1 aromatic heterocycles. The van der Waals surface area contributed by atoms with Crippen molar-refractivity contribution in [3.63, 3.8) is 0 Å². The minimum absolute atomic E-state index is 0.0888. The van der Waals surface area contributed by atoms with E-state index in [2.05, 4.69) is 76.9 Å². The van der Waals surface area contributed by atoms with E-state index in [-0.39, 0.29) is 5.91 Å². The highest BCUT2D eigenvalue weighted by Crippen LogP contribution is 2.31. The Hall–Kier alpha value is -2.31. The van der Waals surface area contributed by atoms with E-state index in [1.807, 2.05) is 30.3 Å². The van der Waals surface area contributed by atoms with Gasteiger partial charge in [-0.15, -0.1) is 11.8 Å². The van der Waals surface area contributed by atoms with E-state index >= 15 is 0 Å². The SMILES string of the molecule is Cc1ccc(C)c(-n2c(C)c(Br)c(/C=N\NC(=O)CCSc3ccccc3)c2C)c1. The largest absolute Gasteiger partial charge is 0.316 e. The van der Waals surface area contributed by atoms with Crippen LogP contribution in [0.2, 0.25) is 0 Å². The molecule has 0 aliphatic heterocycles. The van der Waals surface area contributed by atoms with Gasteiger partial charge in [0.25, 0.3) is 0 Å². The van der Waals surface area contributed by atoms with Crippen molar-refractivity contribution in [2.24, 2.45) is 5.10 Å². The number of nitrogens with one attached hydrogen (secondary N) is 1. The molecule has 30 heavy (non-hydrogen) atoms. The quantitative estimate of drug-likeness (QED) is 0.250. The van der Waals surface area contributed by atoms with Gasteiger partial charge in [0.05, 0.1) is 6.21 Å². The Labute approximate surface area is 190 Å². The van der Waals surface area contributed by atoms with Gasteiger partial charge in [0, 0.05) is 44.2 Å². The van der Waals surface area contributed by atoms with Gasteiger partial charge < -0.3 is 4.57 Å². The smallest absolute Gasteiger partial charge is 0.240 e. The molecular weight excluding hydrogens is 458 g/mol. The first-order chi connectivity index (χ1) is 14.4. The van der Waals surface area contributed by atoms with Crippen molar-refractivity contribution in [2.45, 2.75) is 39.0 Å². The van der Waals surface area contributed by atoms with Crippen molar-refractivity contribution < 1.29 is 4.79 Å². The maximum Gasteiger partial charge on any atom is 0.240 e. The average Bonchev–Trinajstić information content (AvgIpc) is 2.94. The molecule has 0 bridgehead atoms. The zero-order valence-corrected chi connectivity index (χ0v) is 20.1. The second kappa shape index (κ2) is 10.1. The number of halogens is 1. The molecule has 0 spiro atoms. The molecule has 0 aliphatic carbocycles. The summed E-state index contributed by atoms with van der Waals surface area (Å²) in [6.07, 6.45) is 2.13. The molecule has 1 heterocycles. The van der Waals surface area contributed by atoms with Gasteiger partial charge in [0.2, 0.25) is 5.91 Å². The lowest BCUT2D eigenvalue weighted by Crippen LogP contribution is -2.17. The number of aromatic nitrogens is 1. The Bertz CT molecular complexity index is 1070. The van der Waals surface area contributed by atoms with Gasteiger partial charge in [-0.05, 0) is 73.0 Å². The minimum Gasteiger partial charge on any atom is -0.316 e. The Morgan fingerprint density at radius 1 is 1.10 bits per heavy atom. The van der Waals surface area contributed by atoms with E-state index in [4.69, 9.17) is 0 Å². The number of nitrogens with zero attached hydrogens (tertiary/aromatic N) is 2. The maximum absolute atomic E-state index is 12.1. The molecule has 0 radical (unpaired) electrons. The number of benzene rings is 2. The Balaban J connectivity index is 1.67. The highest BCUT2D eigenvalue weighted by atomic mass is 79.9. The third kappa shape index (κ3) is 5.24. The summed E-state index contributed by atoms with van der Waals surface area (Å²) in [6, 6.07) is 16.5. The zero-order chi connectivity index (χ0) is 21.7. The molecule has 0 saturated heterocycles. The van der Waals surface area contributed by atoms with Crippen LogP contribution in [0.5, 0.6) is 0 Å². The van der Waals surface area contributed by atoms with Crippen LogP contribution in [0, 0.1) is 27.7 Å². The normalized spacial score (nSPS) is 11.2. The lowest BCUT2D eigenvalue weighted by atomic mass is 10.1. The predicted octanol–water partition coefficient (Wildman–Crippen LogP) is 6.11. The number of hydrogen-bond acceptors (Lipinski definition) is 3. The number of aryl methyl sites for hydroxylation is 2. The molecule has 4 nitrogen and oxygen atoms in total. The molecule has 0 fully saturated rings. The van der Waals surface area contributed by atoms with E-state index in [1.54, 1.807) is 18.0 Å². The lowest BCUT2D eigenvalue weighted by molar-refractivity contribution is -0.120. The molecule has 3 rings (SSSR count). The topological polar surface area (TPSA) is 46.4 Å². The number of rotatable bonds is 7. The summed E-state index contributed by atoms with van der Waals surface area (Å²) in [6.45, 7) is 8.36. The van der Waals surface area contributed by atoms with Crippen LogP contribution < -0.4 is 5.43 Å². The van der Waals surface area contributed by atoms with Crippen molar-refractivity contribution in [2.75, 3.05) is 5.75 Å². The maximum atomic E-state index is 12.1. The van der Waals surface area contributed by atoms with Crippen molar-refractivity contribution in [3.05, 3.63) is 81.1 Å². The number of hydrogen-bond donors (Lipinski definition) is 1. The number of hydrazone groups is 1. The van der Waals surface area contributed by atoms with Crippen LogP contribution in [0.25, 0.3) is 5.69 Å². The minimum atomic E-state index is -0.0888. The first kappa shape index (κ1) is 22.4. The highest BCUT2D eigenvalue weighted by molar-refractivity contribution is 9.10. The van der Waals surface area contributed by atoms with Crippen LogP contribution in [0.15, 0.2) is 63.0 Å². The fourth-order valence-corrected chi connectivity index (χ4v) is 4.74. The Morgan fingerprint density at radius 2 is 1.83 bits per heavy atom. The molecule has 156 valence electrons. The molecule has 0 atom stereocenters. The molecule has 1 N–H and O–H groups in total. The second-order valence-electron chi connectivity index (χ2n) is 7.23. The second-order valence-corrected chi connectivity index (χ2v) is 9.19. The van der Waals surface area contributed by atoms with Gasteiger partial charge in [-0.25, -0.2) is 5.43 Å². The molecular formula is C24H26BrN3OS. The number of thioether (sulfide) groups is 1. The van der Waals surface area contributed by atoms with Crippen LogP contribution in [0.3, 0.4) is 0 Å². The zero-order valence-electron chi connectivity index (χ0n) is 17.7. The summed E-state index contributed by atoms with van der Waals surface area (Å²) in [5.74, 6) is 0.630. The summed E-state index contributed by atoms with van der Waals surface area (Å²) < 4.78 is 3.21. The Kier molecular flexibility index (Phi) is 7.56. The standard InChI is InChI=1S/C24H26BrN3OS/c1-16-10-11-17(2)22(14-16)28-18(3)21(24(25)19(28)4)15-26-27-23(29)12-13-30-20-8-6-5-7-9-20/h5-11,14-15H,12-13H2,1-4H3,(H,27,29)/b26-15-. The molecule has 3 aromatic rings.